The molecule has 2 heterocycles. The van der Waals surface area contributed by atoms with E-state index >= 15 is 0 Å². The summed E-state index contributed by atoms with van der Waals surface area (Å²) in [5.41, 5.74) is 2.07. The van der Waals surface area contributed by atoms with Gasteiger partial charge < -0.3 is 9.30 Å². The fraction of sp³-hybridized carbons (Fsp3) is 0.300. The molecule has 0 radical (unpaired) electrons. The van der Waals surface area contributed by atoms with E-state index in [0.717, 1.165) is 22.4 Å². The minimum absolute atomic E-state index is 0.874. The van der Waals surface area contributed by atoms with Crippen molar-refractivity contribution >= 4 is 21.6 Å². The lowest BCUT2D eigenvalue weighted by molar-refractivity contribution is 0.398. The zero-order valence-electron chi connectivity index (χ0n) is 8.24. The maximum atomic E-state index is 4.50. The number of aromatic nitrogens is 2. The van der Waals surface area contributed by atoms with Gasteiger partial charge in [-0.25, -0.2) is 4.98 Å². The first-order valence-corrected chi connectivity index (χ1v) is 5.22. The maximum Gasteiger partial charge on any atom is 0.138 e. The van der Waals surface area contributed by atoms with Crippen molar-refractivity contribution in [3.05, 3.63) is 34.7 Å². The highest BCUT2D eigenvalue weighted by atomic mass is 79.9. The zero-order chi connectivity index (χ0) is 10.1. The Kier molecular flexibility index (Phi) is 2.56. The van der Waals surface area contributed by atoms with Crippen molar-refractivity contribution < 1.29 is 0 Å². The van der Waals surface area contributed by atoms with Gasteiger partial charge in [-0.1, -0.05) is 15.9 Å². The van der Waals surface area contributed by atoms with Crippen LogP contribution in [0.15, 0.2) is 29.0 Å². The summed E-state index contributed by atoms with van der Waals surface area (Å²) < 4.78 is 3.09. The molecule has 0 aliphatic heterocycles. The van der Waals surface area contributed by atoms with E-state index in [9.17, 15) is 0 Å². The minimum atomic E-state index is 0.874. The van der Waals surface area contributed by atoms with Gasteiger partial charge in [-0.2, -0.15) is 0 Å². The van der Waals surface area contributed by atoms with Crippen LogP contribution in [0, 0.1) is 0 Å². The Balaban J connectivity index is 2.41. The largest absolute Gasteiger partial charge is 0.307 e. The van der Waals surface area contributed by atoms with Crippen LogP contribution in [0.25, 0.3) is 5.65 Å². The van der Waals surface area contributed by atoms with Crippen molar-refractivity contribution in [1.82, 2.24) is 14.3 Å². The predicted octanol–water partition coefficient (Wildman–Crippen LogP) is 2.16. The van der Waals surface area contributed by atoms with Crippen LogP contribution < -0.4 is 0 Å². The van der Waals surface area contributed by atoms with Gasteiger partial charge in [0.25, 0.3) is 0 Å². The van der Waals surface area contributed by atoms with E-state index in [4.69, 9.17) is 0 Å². The van der Waals surface area contributed by atoms with Crippen LogP contribution in [0.1, 0.15) is 5.69 Å². The molecule has 4 heteroatoms. The summed E-state index contributed by atoms with van der Waals surface area (Å²) in [4.78, 5) is 6.61. The molecule has 0 saturated carbocycles. The minimum Gasteiger partial charge on any atom is -0.307 e. The molecule has 0 aromatic carbocycles. The quantitative estimate of drug-likeness (QED) is 0.818. The maximum absolute atomic E-state index is 4.50. The molecule has 0 N–H and O–H groups in total. The van der Waals surface area contributed by atoms with Crippen molar-refractivity contribution in [1.29, 1.82) is 0 Å². The summed E-state index contributed by atoms with van der Waals surface area (Å²) in [5.74, 6) is 0. The van der Waals surface area contributed by atoms with Gasteiger partial charge in [-0.3, -0.25) is 0 Å². The van der Waals surface area contributed by atoms with Crippen LogP contribution in [-0.4, -0.2) is 28.4 Å². The van der Waals surface area contributed by atoms with Crippen molar-refractivity contribution in [3.8, 4) is 0 Å². The van der Waals surface area contributed by atoms with Crippen molar-refractivity contribution in [2.45, 2.75) is 6.54 Å². The third-order valence-electron chi connectivity index (χ3n) is 1.95. The molecule has 0 saturated heterocycles. The molecule has 0 spiro atoms. The normalized spacial score (nSPS) is 11.4. The second-order valence-corrected chi connectivity index (χ2v) is 4.50. The molecular formula is C10H12BrN3. The Bertz CT molecular complexity index is 448. The molecule has 2 rings (SSSR count). The molecule has 0 fully saturated rings. The van der Waals surface area contributed by atoms with Gasteiger partial charge in [0.2, 0.25) is 0 Å². The van der Waals surface area contributed by atoms with Crippen LogP contribution in [0.5, 0.6) is 0 Å². The second-order valence-electron chi connectivity index (χ2n) is 3.58. The number of hydrogen-bond acceptors (Lipinski definition) is 2. The number of hydrogen-bond donors (Lipinski definition) is 0. The highest BCUT2D eigenvalue weighted by molar-refractivity contribution is 9.10. The first kappa shape index (κ1) is 9.68. The van der Waals surface area contributed by atoms with Gasteiger partial charge in [-0.05, 0) is 26.2 Å². The van der Waals surface area contributed by atoms with Gasteiger partial charge in [0.15, 0.2) is 0 Å². The van der Waals surface area contributed by atoms with Gasteiger partial charge in [0.1, 0.15) is 5.65 Å². The Hall–Kier alpha value is -0.870. The van der Waals surface area contributed by atoms with E-state index in [1.54, 1.807) is 0 Å². The summed E-state index contributed by atoms with van der Waals surface area (Å²) in [7, 11) is 4.08. The molecule has 0 aliphatic rings. The lowest BCUT2D eigenvalue weighted by Gasteiger charge is -2.04. The monoisotopic (exact) mass is 253 g/mol. The molecule has 14 heavy (non-hydrogen) atoms. The number of pyridine rings is 1. The highest BCUT2D eigenvalue weighted by Crippen LogP contribution is 2.13. The number of fused-ring (bicyclic) bond motifs is 1. The number of imidazole rings is 1. The smallest absolute Gasteiger partial charge is 0.138 e. The van der Waals surface area contributed by atoms with Gasteiger partial charge >= 0.3 is 0 Å². The first-order chi connectivity index (χ1) is 6.65. The van der Waals surface area contributed by atoms with E-state index in [1.165, 1.54) is 0 Å². The van der Waals surface area contributed by atoms with E-state index in [2.05, 4.69) is 32.0 Å². The zero-order valence-corrected chi connectivity index (χ0v) is 9.82. The molecule has 2 aromatic rings. The van der Waals surface area contributed by atoms with Crippen LogP contribution in [0.2, 0.25) is 0 Å². The molecule has 0 atom stereocenters. The molecule has 0 amide bonds. The number of halogens is 1. The van der Waals surface area contributed by atoms with Crippen LogP contribution in [0.3, 0.4) is 0 Å². The summed E-state index contributed by atoms with van der Waals surface area (Å²) in [6.45, 7) is 0.874. The predicted molar refractivity (Wildman–Crippen MR) is 60.3 cm³/mol. The highest BCUT2D eigenvalue weighted by Gasteiger charge is 2.02. The van der Waals surface area contributed by atoms with E-state index in [1.807, 2.05) is 36.8 Å². The number of rotatable bonds is 2. The summed E-state index contributed by atoms with van der Waals surface area (Å²) in [6, 6.07) is 4.02. The van der Waals surface area contributed by atoms with Crippen molar-refractivity contribution in [3.63, 3.8) is 0 Å². The lowest BCUT2D eigenvalue weighted by Crippen LogP contribution is -2.10. The van der Waals surface area contributed by atoms with E-state index in [-0.39, 0.29) is 0 Å². The van der Waals surface area contributed by atoms with Gasteiger partial charge in [0, 0.05) is 23.4 Å². The van der Waals surface area contributed by atoms with Crippen LogP contribution in [-0.2, 0) is 6.54 Å². The van der Waals surface area contributed by atoms with Crippen molar-refractivity contribution in [2.75, 3.05) is 14.1 Å². The molecule has 3 nitrogen and oxygen atoms in total. The molecule has 0 bridgehead atoms. The van der Waals surface area contributed by atoms with Crippen molar-refractivity contribution in [2.24, 2.45) is 0 Å². The average Bonchev–Trinajstić information content (AvgIpc) is 2.44. The fourth-order valence-corrected chi connectivity index (χ4v) is 1.73. The summed E-state index contributed by atoms with van der Waals surface area (Å²) >= 11 is 3.43. The third kappa shape index (κ3) is 1.96. The Morgan fingerprint density at radius 3 is 3.00 bits per heavy atom. The average molecular weight is 254 g/mol. The van der Waals surface area contributed by atoms with Crippen LogP contribution >= 0.6 is 15.9 Å². The fourth-order valence-electron chi connectivity index (χ4n) is 1.41. The molecule has 0 aliphatic carbocycles. The molecule has 0 unspecified atom stereocenters. The van der Waals surface area contributed by atoms with E-state index < -0.39 is 0 Å². The van der Waals surface area contributed by atoms with Gasteiger partial charge in [-0.15, -0.1) is 0 Å². The SMILES string of the molecule is CN(C)Cc1cn2ccc(Br)cc2n1. The topological polar surface area (TPSA) is 20.5 Å². The molecule has 74 valence electrons. The molecule has 2 aromatic heterocycles. The number of nitrogens with zero attached hydrogens (tertiary/aromatic N) is 3. The Morgan fingerprint density at radius 2 is 2.29 bits per heavy atom. The lowest BCUT2D eigenvalue weighted by atomic mass is 10.4. The summed E-state index contributed by atoms with van der Waals surface area (Å²) in [6.07, 6.45) is 4.06. The van der Waals surface area contributed by atoms with Crippen LogP contribution in [0.4, 0.5) is 0 Å². The van der Waals surface area contributed by atoms with E-state index in [0.29, 0.717) is 0 Å². The Labute approximate surface area is 91.5 Å². The summed E-state index contributed by atoms with van der Waals surface area (Å²) in [5, 5.41) is 0. The Morgan fingerprint density at radius 1 is 1.50 bits per heavy atom. The molecular weight excluding hydrogens is 242 g/mol. The standard InChI is InChI=1S/C10H12BrN3/c1-13(2)6-9-7-14-4-3-8(11)5-10(14)12-9/h3-5,7H,6H2,1-2H3. The third-order valence-corrected chi connectivity index (χ3v) is 2.44. The first-order valence-electron chi connectivity index (χ1n) is 4.43. The second kappa shape index (κ2) is 3.71. The van der Waals surface area contributed by atoms with Gasteiger partial charge in [0.05, 0.1) is 5.69 Å².